The molecule has 0 saturated heterocycles. The first-order valence-electron chi connectivity index (χ1n) is 6.17. The Morgan fingerprint density at radius 2 is 2.10 bits per heavy atom. The number of carbonyl (C=O) groups excluding carboxylic acids is 1. The summed E-state index contributed by atoms with van der Waals surface area (Å²) in [5, 5.41) is 3.45. The molecule has 2 rings (SSSR count). The van der Waals surface area contributed by atoms with E-state index in [2.05, 4.69) is 21.3 Å². The van der Waals surface area contributed by atoms with E-state index in [1.165, 1.54) is 0 Å². The third-order valence-electron chi connectivity index (χ3n) is 2.66. The molecule has 1 aliphatic rings. The molecule has 0 aliphatic carbocycles. The minimum Gasteiger partial charge on any atom is -0.365 e. The summed E-state index contributed by atoms with van der Waals surface area (Å²) in [7, 11) is 0. The Labute approximate surface area is 119 Å². The van der Waals surface area contributed by atoms with Gasteiger partial charge >= 0.3 is 0 Å². The summed E-state index contributed by atoms with van der Waals surface area (Å²) in [6.07, 6.45) is 8.46. The quantitative estimate of drug-likeness (QED) is 0.776. The van der Waals surface area contributed by atoms with Crippen LogP contribution in [-0.4, -0.2) is 22.1 Å². The second-order valence-electron chi connectivity index (χ2n) is 4.39. The zero-order valence-corrected chi connectivity index (χ0v) is 12.3. The van der Waals surface area contributed by atoms with Gasteiger partial charge in [0.2, 0.25) is 0 Å². The van der Waals surface area contributed by atoms with Crippen molar-refractivity contribution < 1.29 is 9.32 Å². The molecule has 5 nitrogen and oxygen atoms in total. The smallest absolute Gasteiger partial charge is 0.157 e. The minimum atomic E-state index is 0.0475. The van der Waals surface area contributed by atoms with Gasteiger partial charge in [0.05, 0.1) is 23.8 Å². The number of hydrogen-bond donors (Lipinski definition) is 0. The Bertz CT molecular complexity index is 566. The number of nitrogens with zero attached hydrogens (tertiary/aromatic N) is 3. The molecule has 1 aromatic rings. The van der Waals surface area contributed by atoms with Gasteiger partial charge in [-0.25, -0.2) is 0 Å². The number of Topliss-reactive ketones (excluding diaryl/α,β-unsaturated/α-hetero) is 1. The second-order valence-corrected chi connectivity index (χ2v) is 4.39. The zero-order chi connectivity index (χ0) is 15.1. The van der Waals surface area contributed by atoms with E-state index in [4.69, 9.17) is 0 Å². The van der Waals surface area contributed by atoms with Crippen molar-refractivity contribution in [1.82, 2.24) is 10.1 Å². The van der Waals surface area contributed by atoms with Crippen molar-refractivity contribution in [2.45, 2.75) is 27.7 Å². The average Bonchev–Trinajstić information content (AvgIpc) is 2.89. The predicted octanol–water partition coefficient (Wildman–Crippen LogP) is 3.22. The van der Waals surface area contributed by atoms with Crippen molar-refractivity contribution in [3.05, 3.63) is 54.0 Å². The summed E-state index contributed by atoms with van der Waals surface area (Å²) in [6, 6.07) is 0. The summed E-state index contributed by atoms with van der Waals surface area (Å²) in [4.78, 5) is 17.1. The van der Waals surface area contributed by atoms with Crippen molar-refractivity contribution in [3.63, 3.8) is 0 Å². The fourth-order valence-corrected chi connectivity index (χ4v) is 1.41. The van der Waals surface area contributed by atoms with E-state index in [0.29, 0.717) is 5.57 Å². The number of aliphatic imine (C=N–C) groups is 1. The molecule has 20 heavy (non-hydrogen) atoms. The molecule has 0 radical (unpaired) electrons. The van der Waals surface area contributed by atoms with Gasteiger partial charge < -0.3 is 9.42 Å². The first-order chi connectivity index (χ1) is 9.45. The average molecular weight is 273 g/mol. The van der Waals surface area contributed by atoms with Crippen molar-refractivity contribution in [1.29, 1.82) is 0 Å². The molecule has 2 heterocycles. The van der Waals surface area contributed by atoms with Gasteiger partial charge in [0.1, 0.15) is 6.26 Å². The first kappa shape index (κ1) is 15.6. The number of rotatable bonds is 2. The van der Waals surface area contributed by atoms with Crippen LogP contribution in [0.1, 0.15) is 26.3 Å². The molecule has 0 unspecified atom stereocenters. The Morgan fingerprint density at radius 1 is 1.40 bits per heavy atom. The maximum atomic E-state index is 11.2. The van der Waals surface area contributed by atoms with Gasteiger partial charge in [-0.05, 0) is 27.7 Å². The monoisotopic (exact) mass is 273 g/mol. The number of aryl methyl sites for hydroxylation is 1. The van der Waals surface area contributed by atoms with E-state index < -0.39 is 0 Å². The molecule has 0 amide bonds. The Hall–Kier alpha value is -2.43. The Morgan fingerprint density at radius 3 is 2.50 bits per heavy atom. The standard InChI is InChI=1S/C11H14N2O.C4H5NO/c1-5-13-7-8(2)12-6-11(13)9(3)10(4)14;1-4-2-5-6-3-4/h5-7H,1H2,2-4H3;2-3H,1H3/b11-9+;. The van der Waals surface area contributed by atoms with E-state index in [1.807, 2.05) is 20.0 Å². The molecule has 106 valence electrons. The maximum absolute atomic E-state index is 11.2. The highest BCUT2D eigenvalue weighted by atomic mass is 16.5. The van der Waals surface area contributed by atoms with Crippen LogP contribution in [0.25, 0.3) is 0 Å². The normalized spacial score (nSPS) is 16.0. The number of aromatic nitrogens is 1. The van der Waals surface area contributed by atoms with E-state index >= 15 is 0 Å². The number of carbonyl (C=O) groups is 1. The van der Waals surface area contributed by atoms with Crippen molar-refractivity contribution in [2.75, 3.05) is 0 Å². The van der Waals surface area contributed by atoms with Crippen LogP contribution >= 0.6 is 0 Å². The van der Waals surface area contributed by atoms with Gasteiger partial charge in [-0.2, -0.15) is 0 Å². The van der Waals surface area contributed by atoms with Gasteiger partial charge in [0.15, 0.2) is 5.78 Å². The fraction of sp³-hybridized carbons (Fsp3) is 0.267. The molecular weight excluding hydrogens is 254 g/mol. The highest BCUT2D eigenvalue weighted by molar-refractivity contribution is 5.99. The molecule has 0 aromatic carbocycles. The highest BCUT2D eigenvalue weighted by Crippen LogP contribution is 2.16. The Kier molecular flexibility index (Phi) is 5.65. The largest absolute Gasteiger partial charge is 0.365 e. The molecule has 5 heteroatoms. The van der Waals surface area contributed by atoms with Crippen LogP contribution < -0.4 is 0 Å². The van der Waals surface area contributed by atoms with Crippen LogP contribution in [0.3, 0.4) is 0 Å². The molecule has 0 N–H and O–H groups in total. The van der Waals surface area contributed by atoms with Gasteiger partial charge in [0, 0.05) is 23.5 Å². The predicted molar refractivity (Wildman–Crippen MR) is 78.9 cm³/mol. The molecule has 0 fully saturated rings. The van der Waals surface area contributed by atoms with E-state index in [-0.39, 0.29) is 5.78 Å². The summed E-state index contributed by atoms with van der Waals surface area (Å²) in [5.74, 6) is 0.0475. The van der Waals surface area contributed by atoms with E-state index in [0.717, 1.165) is 17.0 Å². The SMILES string of the molecule is C=CN1C=C(C)N=C/C1=C(/C)C(C)=O.Cc1cnoc1. The summed E-state index contributed by atoms with van der Waals surface area (Å²) in [6.45, 7) is 10.8. The summed E-state index contributed by atoms with van der Waals surface area (Å²) in [5.41, 5.74) is 3.44. The van der Waals surface area contributed by atoms with Crippen LogP contribution in [0.15, 0.2) is 57.9 Å². The Balaban J connectivity index is 0.000000276. The molecule has 1 aliphatic heterocycles. The van der Waals surface area contributed by atoms with Crippen molar-refractivity contribution >= 4 is 12.0 Å². The number of hydrogen-bond acceptors (Lipinski definition) is 5. The lowest BCUT2D eigenvalue weighted by atomic mass is 10.1. The van der Waals surface area contributed by atoms with Crippen molar-refractivity contribution in [2.24, 2.45) is 4.99 Å². The van der Waals surface area contributed by atoms with Crippen molar-refractivity contribution in [3.8, 4) is 0 Å². The van der Waals surface area contributed by atoms with E-state index in [9.17, 15) is 4.79 Å². The van der Waals surface area contributed by atoms with Crippen LogP contribution in [0.5, 0.6) is 0 Å². The molecule has 0 atom stereocenters. The summed E-state index contributed by atoms with van der Waals surface area (Å²) < 4.78 is 4.46. The van der Waals surface area contributed by atoms with E-state index in [1.54, 1.807) is 43.6 Å². The molecular formula is C15H19N3O2. The van der Waals surface area contributed by atoms with Gasteiger partial charge in [-0.1, -0.05) is 11.7 Å². The van der Waals surface area contributed by atoms with Crippen LogP contribution in [-0.2, 0) is 4.79 Å². The lowest BCUT2D eigenvalue weighted by Gasteiger charge is -2.21. The summed E-state index contributed by atoms with van der Waals surface area (Å²) >= 11 is 0. The van der Waals surface area contributed by atoms with Crippen LogP contribution in [0.2, 0.25) is 0 Å². The second kappa shape index (κ2) is 7.23. The number of allylic oxidation sites excluding steroid dienone is 3. The third-order valence-corrected chi connectivity index (χ3v) is 2.66. The fourth-order valence-electron chi connectivity index (χ4n) is 1.41. The minimum absolute atomic E-state index is 0.0475. The lowest BCUT2D eigenvalue weighted by Crippen LogP contribution is -2.17. The highest BCUT2D eigenvalue weighted by Gasteiger charge is 2.12. The molecule has 0 spiro atoms. The van der Waals surface area contributed by atoms with Gasteiger partial charge in [0.25, 0.3) is 0 Å². The first-order valence-corrected chi connectivity index (χ1v) is 6.17. The number of ketones is 1. The lowest BCUT2D eigenvalue weighted by molar-refractivity contribution is -0.113. The third kappa shape index (κ3) is 4.35. The van der Waals surface area contributed by atoms with Gasteiger partial charge in [-0.3, -0.25) is 9.79 Å². The van der Waals surface area contributed by atoms with Crippen LogP contribution in [0.4, 0.5) is 0 Å². The topological polar surface area (TPSA) is 58.7 Å². The maximum Gasteiger partial charge on any atom is 0.157 e. The molecule has 0 bridgehead atoms. The molecule has 0 saturated carbocycles. The van der Waals surface area contributed by atoms with Crippen LogP contribution in [0, 0.1) is 6.92 Å². The molecule has 1 aromatic heterocycles. The van der Waals surface area contributed by atoms with Gasteiger partial charge in [-0.15, -0.1) is 0 Å². The zero-order valence-electron chi connectivity index (χ0n) is 12.3.